The third-order valence-electron chi connectivity index (χ3n) is 3.18. The lowest BCUT2D eigenvalue weighted by atomic mass is 10.00. The minimum atomic E-state index is -1.05. The van der Waals surface area contributed by atoms with Crippen molar-refractivity contribution < 1.29 is 14.8 Å². The third-order valence-corrected chi connectivity index (χ3v) is 3.18. The Kier molecular flexibility index (Phi) is 2.85. The van der Waals surface area contributed by atoms with Crippen LogP contribution in [0.25, 0.3) is 0 Å². The van der Waals surface area contributed by atoms with E-state index in [4.69, 9.17) is 0 Å². The fraction of sp³-hybridized carbons (Fsp3) is 0.500. The standard InChI is InChI=1S/C10H12N4O4/c1-10(8(15)16)3-2-4-13(10)9-11-5-7(6-12-9)14(17)18/h5-6H,2-4H2,1H3,(H,15,16). The zero-order chi connectivity index (χ0) is 13.3. The molecule has 2 heterocycles. The summed E-state index contributed by atoms with van der Waals surface area (Å²) in [7, 11) is 0. The molecule has 0 amide bonds. The third kappa shape index (κ3) is 1.85. The van der Waals surface area contributed by atoms with Crippen molar-refractivity contribution in [2.45, 2.75) is 25.3 Å². The molecule has 8 nitrogen and oxygen atoms in total. The first-order valence-electron chi connectivity index (χ1n) is 5.42. The molecule has 1 saturated heterocycles. The van der Waals surface area contributed by atoms with Gasteiger partial charge in [0.15, 0.2) is 0 Å². The minimum Gasteiger partial charge on any atom is -0.480 e. The van der Waals surface area contributed by atoms with Crippen molar-refractivity contribution in [1.29, 1.82) is 0 Å². The molecule has 96 valence electrons. The molecule has 0 radical (unpaired) electrons. The van der Waals surface area contributed by atoms with Crippen molar-refractivity contribution in [3.8, 4) is 0 Å². The minimum absolute atomic E-state index is 0.211. The number of aliphatic carboxylic acids is 1. The summed E-state index contributed by atoms with van der Waals surface area (Å²) < 4.78 is 0. The van der Waals surface area contributed by atoms with E-state index in [1.807, 2.05) is 0 Å². The normalized spacial score (nSPS) is 23.1. The average Bonchev–Trinajstić information content (AvgIpc) is 2.73. The van der Waals surface area contributed by atoms with Gasteiger partial charge in [0.05, 0.1) is 4.92 Å². The Morgan fingerprint density at radius 1 is 1.56 bits per heavy atom. The van der Waals surface area contributed by atoms with Gasteiger partial charge in [0, 0.05) is 6.54 Å². The van der Waals surface area contributed by atoms with Crippen molar-refractivity contribution in [3.63, 3.8) is 0 Å². The second-order valence-corrected chi connectivity index (χ2v) is 4.33. The zero-order valence-corrected chi connectivity index (χ0v) is 9.74. The van der Waals surface area contributed by atoms with Gasteiger partial charge >= 0.3 is 11.7 Å². The van der Waals surface area contributed by atoms with Gasteiger partial charge in [0.2, 0.25) is 5.95 Å². The van der Waals surface area contributed by atoms with Gasteiger partial charge in [0.1, 0.15) is 17.9 Å². The molecule has 1 aromatic heterocycles. The van der Waals surface area contributed by atoms with Crippen LogP contribution in [0.1, 0.15) is 19.8 Å². The van der Waals surface area contributed by atoms with Gasteiger partial charge in [-0.1, -0.05) is 0 Å². The Morgan fingerprint density at radius 3 is 2.67 bits per heavy atom. The van der Waals surface area contributed by atoms with Crippen LogP contribution in [0.4, 0.5) is 11.6 Å². The summed E-state index contributed by atoms with van der Waals surface area (Å²) >= 11 is 0. The highest BCUT2D eigenvalue weighted by molar-refractivity contribution is 5.83. The topological polar surface area (TPSA) is 109 Å². The molecule has 0 spiro atoms. The number of nitro groups is 1. The monoisotopic (exact) mass is 252 g/mol. The summed E-state index contributed by atoms with van der Waals surface area (Å²) in [6.07, 6.45) is 3.40. The number of hydrogen-bond donors (Lipinski definition) is 1. The van der Waals surface area contributed by atoms with E-state index in [2.05, 4.69) is 9.97 Å². The van der Waals surface area contributed by atoms with Crippen molar-refractivity contribution in [2.24, 2.45) is 0 Å². The van der Waals surface area contributed by atoms with Crippen molar-refractivity contribution in [3.05, 3.63) is 22.5 Å². The Balaban J connectivity index is 2.31. The number of anilines is 1. The van der Waals surface area contributed by atoms with E-state index < -0.39 is 16.4 Å². The smallest absolute Gasteiger partial charge is 0.329 e. The molecule has 0 aromatic carbocycles. The molecule has 1 unspecified atom stereocenters. The van der Waals surface area contributed by atoms with Crippen LogP contribution in [0.15, 0.2) is 12.4 Å². The summed E-state index contributed by atoms with van der Waals surface area (Å²) in [5, 5.41) is 19.7. The molecule has 1 aliphatic heterocycles. The van der Waals surface area contributed by atoms with Gasteiger partial charge < -0.3 is 10.0 Å². The Morgan fingerprint density at radius 2 is 2.17 bits per heavy atom. The average molecular weight is 252 g/mol. The molecule has 1 fully saturated rings. The lowest BCUT2D eigenvalue weighted by Gasteiger charge is -2.30. The van der Waals surface area contributed by atoms with E-state index in [0.29, 0.717) is 13.0 Å². The lowest BCUT2D eigenvalue weighted by molar-refractivity contribution is -0.385. The summed E-state index contributed by atoms with van der Waals surface area (Å²) in [5.41, 5.74) is -1.26. The van der Waals surface area contributed by atoms with Crippen LogP contribution in [0.2, 0.25) is 0 Å². The number of carboxylic acids is 1. The van der Waals surface area contributed by atoms with Gasteiger partial charge in [-0.2, -0.15) is 0 Å². The van der Waals surface area contributed by atoms with Crippen molar-refractivity contribution in [2.75, 3.05) is 11.4 Å². The first-order valence-corrected chi connectivity index (χ1v) is 5.42. The summed E-state index contributed by atoms with van der Waals surface area (Å²) in [5.74, 6) is -0.732. The largest absolute Gasteiger partial charge is 0.480 e. The molecule has 1 N–H and O–H groups in total. The Hall–Kier alpha value is -2.25. The second kappa shape index (κ2) is 4.21. The zero-order valence-electron chi connectivity index (χ0n) is 9.74. The highest BCUT2D eigenvalue weighted by atomic mass is 16.6. The first kappa shape index (κ1) is 12.2. The molecule has 8 heteroatoms. The molecule has 2 rings (SSSR count). The summed E-state index contributed by atoms with van der Waals surface area (Å²) in [4.78, 5) is 30.5. The van der Waals surface area contributed by atoms with E-state index in [9.17, 15) is 20.0 Å². The van der Waals surface area contributed by atoms with Gasteiger partial charge in [0.25, 0.3) is 0 Å². The molecule has 1 aromatic rings. The molecule has 1 atom stereocenters. The number of aromatic nitrogens is 2. The molecule has 0 bridgehead atoms. The molecule has 0 saturated carbocycles. The molecule has 1 aliphatic rings. The predicted octanol–water partition coefficient (Wildman–Crippen LogP) is 0.828. The maximum Gasteiger partial charge on any atom is 0.329 e. The van der Waals surface area contributed by atoms with Gasteiger partial charge in [-0.25, -0.2) is 14.8 Å². The van der Waals surface area contributed by atoms with Crippen LogP contribution in [0.3, 0.4) is 0 Å². The second-order valence-electron chi connectivity index (χ2n) is 4.33. The van der Waals surface area contributed by atoms with Gasteiger partial charge in [-0.15, -0.1) is 0 Å². The SMILES string of the molecule is CC1(C(=O)O)CCCN1c1ncc([N+](=O)[O-])cn1. The molecule has 18 heavy (non-hydrogen) atoms. The van der Waals surface area contributed by atoms with Crippen molar-refractivity contribution in [1.82, 2.24) is 9.97 Å². The quantitative estimate of drug-likeness (QED) is 0.626. The molecular weight excluding hydrogens is 240 g/mol. The summed E-state index contributed by atoms with van der Waals surface area (Å²) in [6.45, 7) is 2.13. The number of hydrogen-bond acceptors (Lipinski definition) is 6. The van der Waals surface area contributed by atoms with E-state index >= 15 is 0 Å². The van der Waals surface area contributed by atoms with E-state index in [1.165, 1.54) is 0 Å². The maximum atomic E-state index is 11.3. The van der Waals surface area contributed by atoms with Crippen LogP contribution < -0.4 is 4.90 Å². The predicted molar refractivity (Wildman–Crippen MR) is 61.3 cm³/mol. The number of carbonyl (C=O) groups is 1. The van der Waals surface area contributed by atoms with Crippen LogP contribution in [0, 0.1) is 10.1 Å². The van der Waals surface area contributed by atoms with E-state index in [-0.39, 0.29) is 11.6 Å². The van der Waals surface area contributed by atoms with E-state index in [0.717, 1.165) is 18.8 Å². The van der Waals surface area contributed by atoms with E-state index in [1.54, 1.807) is 11.8 Å². The van der Waals surface area contributed by atoms with Gasteiger partial charge in [-0.3, -0.25) is 10.1 Å². The molecule has 0 aliphatic carbocycles. The van der Waals surface area contributed by atoms with Gasteiger partial charge in [-0.05, 0) is 19.8 Å². The number of carboxylic acid groups (broad SMARTS) is 1. The number of nitrogens with zero attached hydrogens (tertiary/aromatic N) is 4. The first-order chi connectivity index (χ1) is 8.45. The maximum absolute atomic E-state index is 11.3. The molecular formula is C10H12N4O4. The van der Waals surface area contributed by atoms with Crippen LogP contribution >= 0.6 is 0 Å². The number of rotatable bonds is 3. The highest BCUT2D eigenvalue weighted by Crippen LogP contribution is 2.32. The van der Waals surface area contributed by atoms with Crippen LogP contribution in [-0.2, 0) is 4.79 Å². The van der Waals surface area contributed by atoms with Crippen molar-refractivity contribution >= 4 is 17.6 Å². The fourth-order valence-corrected chi connectivity index (χ4v) is 2.05. The summed E-state index contributed by atoms with van der Waals surface area (Å²) in [6, 6.07) is 0. The Labute approximate surface area is 102 Å². The van der Waals surface area contributed by atoms with Crippen LogP contribution in [0.5, 0.6) is 0 Å². The lowest BCUT2D eigenvalue weighted by Crippen LogP contribution is -2.48. The fourth-order valence-electron chi connectivity index (χ4n) is 2.05. The van der Waals surface area contributed by atoms with Crippen LogP contribution in [-0.4, -0.2) is 38.1 Å². The Bertz CT molecular complexity index is 489. The highest BCUT2D eigenvalue weighted by Gasteiger charge is 2.44.